The maximum atomic E-state index is 14.9. The Balaban J connectivity index is 1.92. The normalized spacial score (nSPS) is 17.1. The second-order valence-electron chi connectivity index (χ2n) is 7.76. The van der Waals surface area contributed by atoms with E-state index in [0.29, 0.717) is 5.56 Å². The predicted molar refractivity (Wildman–Crippen MR) is 125 cm³/mol. The van der Waals surface area contributed by atoms with Crippen LogP contribution in [0.1, 0.15) is 22.7 Å². The fraction of sp³-hybridized carbons (Fsp3) is 0.154. The number of likely N-dealkylation sites (tertiary alicyclic amines) is 1. The first-order valence-corrected chi connectivity index (χ1v) is 10.8. The maximum absolute atomic E-state index is 14.9. The Hall–Kier alpha value is -3.91. The zero-order chi connectivity index (χ0) is 25.3. The number of carbonyl (C=O) groups excluding carboxylic acids is 2. The number of methoxy groups -OCH3 is 2. The van der Waals surface area contributed by atoms with Gasteiger partial charge in [0.25, 0.3) is 11.7 Å². The molecule has 180 valence electrons. The highest BCUT2D eigenvalue weighted by atomic mass is 35.5. The van der Waals surface area contributed by atoms with E-state index in [9.17, 15) is 23.5 Å². The van der Waals surface area contributed by atoms with Crippen LogP contribution in [-0.2, 0) is 16.1 Å². The Kier molecular flexibility index (Phi) is 6.75. The molecular weight excluding hydrogens is 480 g/mol. The van der Waals surface area contributed by atoms with Gasteiger partial charge in [-0.2, -0.15) is 0 Å². The number of rotatable bonds is 6. The van der Waals surface area contributed by atoms with Crippen molar-refractivity contribution in [2.75, 3.05) is 14.2 Å². The second-order valence-corrected chi connectivity index (χ2v) is 8.17. The smallest absolute Gasteiger partial charge is 0.295 e. The summed E-state index contributed by atoms with van der Waals surface area (Å²) >= 11 is 6.23. The number of hydrogen-bond acceptors (Lipinski definition) is 5. The molecule has 0 saturated carbocycles. The topological polar surface area (TPSA) is 76.1 Å². The van der Waals surface area contributed by atoms with Crippen molar-refractivity contribution in [1.82, 2.24) is 4.90 Å². The highest BCUT2D eigenvalue weighted by molar-refractivity contribution is 6.46. The maximum Gasteiger partial charge on any atom is 0.295 e. The summed E-state index contributed by atoms with van der Waals surface area (Å²) in [5.74, 6) is -3.28. The van der Waals surface area contributed by atoms with Crippen LogP contribution in [0.15, 0.2) is 66.2 Å². The number of aliphatic hydroxyl groups is 1. The minimum atomic E-state index is -1.26. The molecule has 0 aromatic heterocycles. The van der Waals surface area contributed by atoms with Gasteiger partial charge in [-0.3, -0.25) is 9.59 Å². The van der Waals surface area contributed by atoms with Crippen molar-refractivity contribution in [3.05, 3.63) is 99.6 Å². The largest absolute Gasteiger partial charge is 0.507 e. The van der Waals surface area contributed by atoms with Gasteiger partial charge in [-0.15, -0.1) is 0 Å². The molecule has 1 aliphatic rings. The van der Waals surface area contributed by atoms with Crippen LogP contribution < -0.4 is 9.47 Å². The fourth-order valence-corrected chi connectivity index (χ4v) is 4.28. The molecule has 1 saturated heterocycles. The summed E-state index contributed by atoms with van der Waals surface area (Å²) in [4.78, 5) is 27.4. The number of benzene rings is 3. The van der Waals surface area contributed by atoms with Crippen molar-refractivity contribution in [3.63, 3.8) is 0 Å². The molecule has 0 spiro atoms. The van der Waals surface area contributed by atoms with Crippen LogP contribution in [0.3, 0.4) is 0 Å². The molecule has 3 aromatic carbocycles. The third-order valence-corrected chi connectivity index (χ3v) is 6.03. The van der Waals surface area contributed by atoms with Gasteiger partial charge in [0, 0.05) is 18.2 Å². The molecule has 1 N–H and O–H groups in total. The number of aliphatic hydroxyl groups excluding tert-OH is 1. The first kappa shape index (κ1) is 24.2. The van der Waals surface area contributed by atoms with Crippen molar-refractivity contribution in [3.8, 4) is 11.5 Å². The van der Waals surface area contributed by atoms with Gasteiger partial charge in [-0.05, 0) is 29.8 Å². The van der Waals surface area contributed by atoms with E-state index >= 15 is 0 Å². The third-order valence-electron chi connectivity index (χ3n) is 5.73. The highest BCUT2D eigenvalue weighted by Gasteiger charge is 2.47. The van der Waals surface area contributed by atoms with Crippen molar-refractivity contribution in [2.24, 2.45) is 0 Å². The molecule has 1 fully saturated rings. The summed E-state index contributed by atoms with van der Waals surface area (Å²) < 4.78 is 38.8. The predicted octanol–water partition coefficient (Wildman–Crippen LogP) is 5.26. The van der Waals surface area contributed by atoms with Crippen molar-refractivity contribution in [2.45, 2.75) is 12.6 Å². The van der Waals surface area contributed by atoms with Crippen molar-refractivity contribution < 1.29 is 33.0 Å². The van der Waals surface area contributed by atoms with Crippen LogP contribution >= 0.6 is 11.6 Å². The average molecular weight is 500 g/mol. The number of halogens is 3. The minimum Gasteiger partial charge on any atom is -0.507 e. The van der Waals surface area contributed by atoms with Gasteiger partial charge in [0.15, 0.2) is 0 Å². The van der Waals surface area contributed by atoms with Crippen molar-refractivity contribution >= 4 is 29.1 Å². The van der Waals surface area contributed by atoms with Crippen LogP contribution in [0.4, 0.5) is 8.78 Å². The lowest BCUT2D eigenvalue weighted by atomic mass is 9.94. The van der Waals surface area contributed by atoms with E-state index in [1.54, 1.807) is 6.07 Å². The fourth-order valence-electron chi connectivity index (χ4n) is 4.04. The summed E-state index contributed by atoms with van der Waals surface area (Å²) in [7, 11) is 2.75. The summed E-state index contributed by atoms with van der Waals surface area (Å²) in [6, 6.07) is 12.5. The van der Waals surface area contributed by atoms with Gasteiger partial charge in [0.1, 0.15) is 28.9 Å². The first-order chi connectivity index (χ1) is 16.8. The van der Waals surface area contributed by atoms with Gasteiger partial charge in [-0.25, -0.2) is 8.78 Å². The quantitative estimate of drug-likeness (QED) is 0.284. The Labute approximate surface area is 205 Å². The lowest BCUT2D eigenvalue weighted by Crippen LogP contribution is -2.29. The molecule has 0 bridgehead atoms. The van der Waals surface area contributed by atoms with Gasteiger partial charge in [-0.1, -0.05) is 41.9 Å². The zero-order valence-electron chi connectivity index (χ0n) is 18.7. The number of ketones is 1. The Morgan fingerprint density at radius 1 is 1.00 bits per heavy atom. The summed E-state index contributed by atoms with van der Waals surface area (Å²) in [5, 5.41) is 11.4. The summed E-state index contributed by atoms with van der Waals surface area (Å²) in [6.45, 7) is -0.124. The average Bonchev–Trinajstić information content (AvgIpc) is 3.09. The minimum absolute atomic E-state index is 0.00828. The standard InChI is InChI=1S/C26H20ClF2NO5/c1-34-20-12-21(35-2)18(27)11-17(20)24(31)22-23(16-5-3-4-6-19(16)29)30(26(33)25(22)32)13-14-7-9-15(28)10-8-14/h3-12,23,31H,13H2,1-2H3/b24-22+. The molecule has 1 atom stereocenters. The summed E-state index contributed by atoms with van der Waals surface area (Å²) in [6.07, 6.45) is 0. The Bertz CT molecular complexity index is 1340. The molecular formula is C26H20ClF2NO5. The van der Waals surface area contributed by atoms with E-state index < -0.39 is 35.1 Å². The summed E-state index contributed by atoms with van der Waals surface area (Å²) in [5.41, 5.74) is 0.217. The SMILES string of the molecule is COc1cc(OC)c(/C(O)=C2\C(=O)C(=O)N(Cc3ccc(F)cc3)C2c2ccccc2F)cc1Cl. The third kappa shape index (κ3) is 4.44. The first-order valence-electron chi connectivity index (χ1n) is 10.5. The molecule has 9 heteroatoms. The number of ether oxygens (including phenoxy) is 2. The van der Waals surface area contributed by atoms with Crippen LogP contribution in [0.25, 0.3) is 5.76 Å². The molecule has 35 heavy (non-hydrogen) atoms. The van der Waals surface area contributed by atoms with E-state index in [1.165, 1.54) is 68.8 Å². The molecule has 1 amide bonds. The number of hydrogen-bond donors (Lipinski definition) is 1. The van der Waals surface area contributed by atoms with Gasteiger partial charge in [0.2, 0.25) is 0 Å². The number of nitrogens with zero attached hydrogens (tertiary/aromatic N) is 1. The lowest BCUT2D eigenvalue weighted by Gasteiger charge is -2.26. The second kappa shape index (κ2) is 9.76. The van der Waals surface area contributed by atoms with E-state index in [2.05, 4.69) is 0 Å². The van der Waals surface area contributed by atoms with E-state index in [0.717, 1.165) is 4.90 Å². The molecule has 3 aromatic rings. The molecule has 1 unspecified atom stereocenters. The van der Waals surface area contributed by atoms with Crippen LogP contribution in [0.5, 0.6) is 11.5 Å². The van der Waals surface area contributed by atoms with Crippen LogP contribution in [0, 0.1) is 11.6 Å². The molecule has 6 nitrogen and oxygen atoms in total. The van der Waals surface area contributed by atoms with Gasteiger partial charge < -0.3 is 19.5 Å². The molecule has 1 aliphatic heterocycles. The number of Topliss-reactive ketones (excluding diaryl/α,β-unsaturated/α-hetero) is 1. The van der Waals surface area contributed by atoms with Gasteiger partial charge in [0.05, 0.1) is 36.4 Å². The molecule has 4 rings (SSSR count). The lowest BCUT2D eigenvalue weighted by molar-refractivity contribution is -0.140. The molecule has 0 aliphatic carbocycles. The van der Waals surface area contributed by atoms with E-state index in [1.807, 2.05) is 0 Å². The number of carbonyl (C=O) groups is 2. The van der Waals surface area contributed by atoms with Crippen LogP contribution in [-0.4, -0.2) is 35.9 Å². The number of amides is 1. The highest BCUT2D eigenvalue weighted by Crippen LogP contribution is 2.44. The molecule has 1 heterocycles. The monoisotopic (exact) mass is 499 g/mol. The Morgan fingerprint density at radius 3 is 2.29 bits per heavy atom. The Morgan fingerprint density at radius 2 is 1.66 bits per heavy atom. The zero-order valence-corrected chi connectivity index (χ0v) is 19.5. The molecule has 0 radical (unpaired) electrons. The van der Waals surface area contributed by atoms with E-state index in [4.69, 9.17) is 21.1 Å². The van der Waals surface area contributed by atoms with Crippen molar-refractivity contribution in [1.29, 1.82) is 0 Å². The van der Waals surface area contributed by atoms with Gasteiger partial charge >= 0.3 is 0 Å². The van der Waals surface area contributed by atoms with E-state index in [-0.39, 0.29) is 39.8 Å². The van der Waals surface area contributed by atoms with Crippen LogP contribution in [0.2, 0.25) is 5.02 Å².